The Morgan fingerprint density at radius 3 is 1.96 bits per heavy atom. The van der Waals surface area contributed by atoms with Gasteiger partial charge in [0.15, 0.2) is 0 Å². The van der Waals surface area contributed by atoms with Gasteiger partial charge in [0.25, 0.3) is 0 Å². The van der Waals surface area contributed by atoms with Gasteiger partial charge in [-0.1, -0.05) is 34.6 Å². The summed E-state index contributed by atoms with van der Waals surface area (Å²) in [5.41, 5.74) is 0.0662. The third-order valence-electron chi connectivity index (χ3n) is 6.98. The van der Waals surface area contributed by atoms with E-state index in [1.54, 1.807) is 0 Å². The van der Waals surface area contributed by atoms with Crippen molar-refractivity contribution in [3.05, 3.63) is 0 Å². The summed E-state index contributed by atoms with van der Waals surface area (Å²) >= 11 is 0. The Morgan fingerprint density at radius 1 is 1.09 bits per heavy atom. The van der Waals surface area contributed by atoms with Gasteiger partial charge in [0, 0.05) is 19.0 Å². The van der Waals surface area contributed by atoms with Gasteiger partial charge in [-0.25, -0.2) is 0 Å². The molecule has 1 N–H and O–H groups in total. The predicted octanol–water partition coefficient (Wildman–Crippen LogP) is 4.24. The van der Waals surface area contributed by atoms with E-state index < -0.39 is 5.60 Å². The zero-order chi connectivity index (χ0) is 17.5. The van der Waals surface area contributed by atoms with E-state index in [9.17, 15) is 9.90 Å². The van der Waals surface area contributed by atoms with Crippen LogP contribution in [-0.2, 0) is 4.79 Å². The standard InChI is InChI=1S/C20H37NO2/c1-15(2)20(18(3,4)5)9-7-16(8-10-20)17(22)21-13-11-19(6,23)12-14-21/h15-16,23H,7-14H2,1-6H3. The Bertz CT molecular complexity index is 415. The molecule has 0 aromatic carbocycles. The molecule has 1 aliphatic heterocycles. The Labute approximate surface area is 142 Å². The van der Waals surface area contributed by atoms with Gasteiger partial charge in [0.2, 0.25) is 5.91 Å². The van der Waals surface area contributed by atoms with Crippen LogP contribution in [0.3, 0.4) is 0 Å². The number of aliphatic hydroxyl groups is 1. The molecule has 2 aliphatic rings. The lowest BCUT2D eigenvalue weighted by Crippen LogP contribution is -2.49. The van der Waals surface area contributed by atoms with Crippen LogP contribution in [0.15, 0.2) is 0 Å². The minimum atomic E-state index is -0.581. The van der Waals surface area contributed by atoms with E-state index in [0.717, 1.165) is 38.8 Å². The largest absolute Gasteiger partial charge is 0.390 e. The van der Waals surface area contributed by atoms with Gasteiger partial charge in [-0.3, -0.25) is 4.79 Å². The van der Waals surface area contributed by atoms with Crippen molar-refractivity contribution in [2.75, 3.05) is 13.1 Å². The summed E-state index contributed by atoms with van der Waals surface area (Å²) in [5, 5.41) is 10.1. The van der Waals surface area contributed by atoms with Gasteiger partial charge in [0.05, 0.1) is 5.60 Å². The molecule has 134 valence electrons. The van der Waals surface area contributed by atoms with Crippen molar-refractivity contribution in [2.24, 2.45) is 22.7 Å². The van der Waals surface area contributed by atoms with Gasteiger partial charge in [-0.2, -0.15) is 0 Å². The molecule has 1 saturated heterocycles. The quantitative estimate of drug-likeness (QED) is 0.826. The molecule has 3 heteroatoms. The smallest absolute Gasteiger partial charge is 0.225 e. The summed E-state index contributed by atoms with van der Waals surface area (Å²) in [5.74, 6) is 1.20. The summed E-state index contributed by atoms with van der Waals surface area (Å²) < 4.78 is 0. The molecule has 0 aromatic rings. The molecule has 1 heterocycles. The second kappa shape index (κ2) is 6.38. The highest BCUT2D eigenvalue weighted by molar-refractivity contribution is 5.79. The monoisotopic (exact) mass is 323 g/mol. The van der Waals surface area contributed by atoms with E-state index in [-0.39, 0.29) is 5.92 Å². The summed E-state index contributed by atoms with van der Waals surface area (Å²) in [6, 6.07) is 0. The summed E-state index contributed by atoms with van der Waals surface area (Å²) in [6.07, 6.45) is 5.81. The predicted molar refractivity (Wildman–Crippen MR) is 95.1 cm³/mol. The third kappa shape index (κ3) is 3.75. The molecule has 1 amide bonds. The van der Waals surface area contributed by atoms with E-state index in [0.29, 0.717) is 35.5 Å². The number of hydrogen-bond donors (Lipinski definition) is 1. The number of piperidine rings is 1. The molecule has 0 aromatic heterocycles. The Morgan fingerprint density at radius 2 is 1.57 bits per heavy atom. The lowest BCUT2D eigenvalue weighted by molar-refractivity contribution is -0.143. The Hall–Kier alpha value is -0.570. The van der Waals surface area contributed by atoms with Crippen LogP contribution >= 0.6 is 0 Å². The van der Waals surface area contributed by atoms with E-state index in [1.165, 1.54) is 0 Å². The maximum absolute atomic E-state index is 12.8. The van der Waals surface area contributed by atoms with Crippen LogP contribution in [0.2, 0.25) is 0 Å². The van der Waals surface area contributed by atoms with Crippen molar-refractivity contribution in [3.63, 3.8) is 0 Å². The average Bonchev–Trinajstić information content (AvgIpc) is 2.45. The molecule has 1 saturated carbocycles. The molecule has 0 radical (unpaired) electrons. The molecular weight excluding hydrogens is 286 g/mol. The lowest BCUT2D eigenvalue weighted by Gasteiger charge is -2.52. The van der Waals surface area contributed by atoms with Crippen LogP contribution in [0.1, 0.15) is 80.1 Å². The zero-order valence-corrected chi connectivity index (χ0v) is 16.1. The molecule has 0 spiro atoms. The third-order valence-corrected chi connectivity index (χ3v) is 6.98. The van der Waals surface area contributed by atoms with Crippen LogP contribution in [0.5, 0.6) is 0 Å². The Kier molecular flexibility index (Phi) is 5.21. The Balaban J connectivity index is 1.97. The first-order valence-electron chi connectivity index (χ1n) is 9.50. The number of likely N-dealkylation sites (tertiary alicyclic amines) is 1. The van der Waals surface area contributed by atoms with Crippen LogP contribution in [0.4, 0.5) is 0 Å². The van der Waals surface area contributed by atoms with Crippen LogP contribution in [0, 0.1) is 22.7 Å². The van der Waals surface area contributed by atoms with Crippen LogP contribution in [-0.4, -0.2) is 34.6 Å². The number of amides is 1. The van der Waals surface area contributed by atoms with E-state index in [2.05, 4.69) is 34.6 Å². The minimum Gasteiger partial charge on any atom is -0.390 e. The van der Waals surface area contributed by atoms with Gasteiger partial charge in [-0.05, 0) is 62.2 Å². The number of carbonyl (C=O) groups excluding carboxylic acids is 1. The first-order chi connectivity index (χ1) is 10.5. The van der Waals surface area contributed by atoms with Gasteiger partial charge >= 0.3 is 0 Å². The lowest BCUT2D eigenvalue weighted by atomic mass is 9.53. The summed E-state index contributed by atoms with van der Waals surface area (Å²) in [4.78, 5) is 14.8. The SMILES string of the molecule is CC(C)C1(C(C)(C)C)CCC(C(=O)N2CCC(C)(O)CC2)CC1. The first kappa shape index (κ1) is 18.8. The summed E-state index contributed by atoms with van der Waals surface area (Å²) in [7, 11) is 0. The molecule has 23 heavy (non-hydrogen) atoms. The van der Waals surface area contributed by atoms with Crippen molar-refractivity contribution in [1.82, 2.24) is 4.90 Å². The fourth-order valence-corrected chi connectivity index (χ4v) is 5.04. The maximum Gasteiger partial charge on any atom is 0.225 e. The first-order valence-corrected chi connectivity index (χ1v) is 9.50. The maximum atomic E-state index is 12.8. The molecule has 3 nitrogen and oxygen atoms in total. The number of carbonyl (C=O) groups is 1. The van der Waals surface area contributed by atoms with Crippen molar-refractivity contribution in [3.8, 4) is 0 Å². The average molecular weight is 324 g/mol. The topological polar surface area (TPSA) is 40.5 Å². The summed E-state index contributed by atoms with van der Waals surface area (Å²) in [6.45, 7) is 15.1. The van der Waals surface area contributed by atoms with Gasteiger partial charge in [-0.15, -0.1) is 0 Å². The number of hydrogen-bond acceptors (Lipinski definition) is 2. The molecule has 0 unspecified atom stereocenters. The molecule has 0 bridgehead atoms. The molecule has 1 aliphatic carbocycles. The van der Waals surface area contributed by atoms with Crippen molar-refractivity contribution < 1.29 is 9.90 Å². The van der Waals surface area contributed by atoms with Crippen LogP contribution < -0.4 is 0 Å². The van der Waals surface area contributed by atoms with E-state index in [1.807, 2.05) is 11.8 Å². The van der Waals surface area contributed by atoms with Gasteiger partial charge < -0.3 is 10.0 Å². The van der Waals surface area contributed by atoms with E-state index >= 15 is 0 Å². The fourth-order valence-electron chi connectivity index (χ4n) is 5.04. The highest BCUT2D eigenvalue weighted by Gasteiger charge is 2.47. The molecular formula is C20H37NO2. The minimum absolute atomic E-state index is 0.201. The fraction of sp³-hybridized carbons (Fsp3) is 0.950. The molecule has 2 rings (SSSR count). The van der Waals surface area contributed by atoms with Gasteiger partial charge in [0.1, 0.15) is 0 Å². The highest BCUT2D eigenvalue weighted by atomic mass is 16.3. The van der Waals surface area contributed by atoms with Crippen LogP contribution in [0.25, 0.3) is 0 Å². The van der Waals surface area contributed by atoms with Crippen molar-refractivity contribution in [2.45, 2.75) is 85.7 Å². The zero-order valence-electron chi connectivity index (χ0n) is 16.1. The second-order valence-electron chi connectivity index (χ2n) is 9.66. The molecule has 2 fully saturated rings. The highest BCUT2D eigenvalue weighted by Crippen LogP contribution is 2.55. The molecule has 0 atom stereocenters. The number of rotatable bonds is 2. The number of nitrogens with zero attached hydrogens (tertiary/aromatic N) is 1. The second-order valence-corrected chi connectivity index (χ2v) is 9.66. The van der Waals surface area contributed by atoms with E-state index in [4.69, 9.17) is 0 Å². The van der Waals surface area contributed by atoms with Crippen molar-refractivity contribution in [1.29, 1.82) is 0 Å². The van der Waals surface area contributed by atoms with Crippen molar-refractivity contribution >= 4 is 5.91 Å². The normalized spacial score (nSPS) is 32.2.